The first-order valence-corrected chi connectivity index (χ1v) is 7.78. The van der Waals surface area contributed by atoms with E-state index in [-0.39, 0.29) is 12.1 Å². The van der Waals surface area contributed by atoms with Crippen LogP contribution in [0.2, 0.25) is 5.02 Å². The minimum Gasteiger partial charge on any atom is -0.456 e. The Morgan fingerprint density at radius 2 is 2.14 bits per heavy atom. The van der Waals surface area contributed by atoms with E-state index in [9.17, 15) is 14.0 Å². The molecule has 1 N–H and O–H groups in total. The van der Waals surface area contributed by atoms with Gasteiger partial charge < -0.3 is 10.1 Å². The molecule has 0 radical (unpaired) electrons. The zero-order chi connectivity index (χ0) is 15.9. The van der Waals surface area contributed by atoms with Gasteiger partial charge in [-0.2, -0.15) is 11.3 Å². The summed E-state index contributed by atoms with van der Waals surface area (Å²) in [6.07, 6.45) is 0.752. The van der Waals surface area contributed by atoms with E-state index in [0.717, 1.165) is 11.6 Å². The molecular formula is C15H13ClFNO3S. The van der Waals surface area contributed by atoms with Gasteiger partial charge in [0.1, 0.15) is 5.82 Å². The first kappa shape index (κ1) is 16.5. The minimum absolute atomic E-state index is 0.0492. The summed E-state index contributed by atoms with van der Waals surface area (Å²) in [4.78, 5) is 23.1. The molecule has 1 heterocycles. The molecule has 7 heteroatoms. The molecule has 116 valence electrons. The lowest BCUT2D eigenvalue weighted by Crippen LogP contribution is -2.21. The van der Waals surface area contributed by atoms with Crippen LogP contribution in [0.1, 0.15) is 12.0 Å². The molecule has 22 heavy (non-hydrogen) atoms. The van der Waals surface area contributed by atoms with Gasteiger partial charge in [-0.25, -0.2) is 4.39 Å². The van der Waals surface area contributed by atoms with Gasteiger partial charge in [0.05, 0.1) is 5.69 Å². The van der Waals surface area contributed by atoms with Crippen molar-refractivity contribution in [3.63, 3.8) is 0 Å². The molecule has 2 rings (SSSR count). The summed E-state index contributed by atoms with van der Waals surface area (Å²) in [7, 11) is 0. The molecule has 0 atom stereocenters. The van der Waals surface area contributed by atoms with Gasteiger partial charge in [-0.15, -0.1) is 0 Å². The van der Waals surface area contributed by atoms with Gasteiger partial charge in [-0.1, -0.05) is 11.6 Å². The number of esters is 1. The first-order chi connectivity index (χ1) is 10.5. The molecule has 1 aromatic heterocycles. The molecule has 0 saturated heterocycles. The number of nitrogens with one attached hydrogen (secondary N) is 1. The lowest BCUT2D eigenvalue weighted by molar-refractivity contribution is -0.147. The normalized spacial score (nSPS) is 10.3. The van der Waals surface area contributed by atoms with E-state index in [1.165, 1.54) is 12.1 Å². The van der Waals surface area contributed by atoms with Gasteiger partial charge >= 0.3 is 5.97 Å². The van der Waals surface area contributed by atoms with Crippen molar-refractivity contribution in [2.24, 2.45) is 0 Å². The smallest absolute Gasteiger partial charge is 0.306 e. The summed E-state index contributed by atoms with van der Waals surface area (Å²) in [5, 5.41) is 6.47. The van der Waals surface area contributed by atoms with Crippen LogP contribution in [0, 0.1) is 5.82 Å². The Morgan fingerprint density at radius 3 is 2.86 bits per heavy atom. The van der Waals surface area contributed by atoms with Crippen LogP contribution in [0.3, 0.4) is 0 Å². The van der Waals surface area contributed by atoms with Gasteiger partial charge in [0.15, 0.2) is 6.61 Å². The number of ether oxygens (including phenoxy) is 1. The highest BCUT2D eigenvalue weighted by Gasteiger charge is 2.11. The second kappa shape index (κ2) is 7.91. The first-order valence-electron chi connectivity index (χ1n) is 6.46. The van der Waals surface area contributed by atoms with E-state index in [0.29, 0.717) is 11.4 Å². The average Bonchev–Trinajstić information content (AvgIpc) is 3.00. The van der Waals surface area contributed by atoms with Crippen LogP contribution < -0.4 is 5.32 Å². The maximum absolute atomic E-state index is 13.4. The van der Waals surface area contributed by atoms with Crippen LogP contribution in [0.5, 0.6) is 0 Å². The number of carbonyl (C=O) groups is 2. The molecule has 1 amide bonds. The summed E-state index contributed by atoms with van der Waals surface area (Å²) >= 11 is 7.27. The maximum Gasteiger partial charge on any atom is 0.306 e. The highest BCUT2D eigenvalue weighted by molar-refractivity contribution is 7.07. The standard InChI is InChI=1S/C15H13ClFNO3S/c16-11-2-3-12(17)13(7-11)18-14(19)8-21-15(20)4-1-10-5-6-22-9-10/h2-3,5-7,9H,1,4,8H2,(H,18,19). The van der Waals surface area contributed by atoms with Crippen molar-refractivity contribution in [1.29, 1.82) is 0 Å². The Morgan fingerprint density at radius 1 is 1.32 bits per heavy atom. The van der Waals surface area contributed by atoms with Gasteiger partial charge in [0.25, 0.3) is 5.91 Å². The average molecular weight is 342 g/mol. The van der Waals surface area contributed by atoms with Crippen LogP contribution in [0.4, 0.5) is 10.1 Å². The molecule has 0 spiro atoms. The Balaban J connectivity index is 1.75. The fourth-order valence-corrected chi connectivity index (χ4v) is 2.55. The van der Waals surface area contributed by atoms with Crippen molar-refractivity contribution in [3.05, 3.63) is 51.4 Å². The lowest BCUT2D eigenvalue weighted by atomic mass is 10.2. The van der Waals surface area contributed by atoms with E-state index < -0.39 is 24.3 Å². The quantitative estimate of drug-likeness (QED) is 0.816. The second-order valence-electron chi connectivity index (χ2n) is 4.46. The van der Waals surface area contributed by atoms with Gasteiger partial charge in [-0.05, 0) is 47.0 Å². The lowest BCUT2D eigenvalue weighted by Gasteiger charge is -2.07. The van der Waals surface area contributed by atoms with Crippen LogP contribution in [-0.4, -0.2) is 18.5 Å². The van der Waals surface area contributed by atoms with Crippen LogP contribution in [0.15, 0.2) is 35.0 Å². The van der Waals surface area contributed by atoms with Crippen molar-refractivity contribution in [2.45, 2.75) is 12.8 Å². The fourth-order valence-electron chi connectivity index (χ4n) is 1.68. The molecule has 0 aliphatic heterocycles. The fraction of sp³-hybridized carbons (Fsp3) is 0.200. The van der Waals surface area contributed by atoms with Crippen molar-refractivity contribution in [3.8, 4) is 0 Å². The number of hydrogen-bond donors (Lipinski definition) is 1. The highest BCUT2D eigenvalue weighted by Crippen LogP contribution is 2.19. The summed E-state index contributed by atoms with van der Waals surface area (Å²) in [6.45, 7) is -0.464. The zero-order valence-corrected chi connectivity index (χ0v) is 13.0. The number of thiophene rings is 1. The molecule has 0 unspecified atom stereocenters. The number of anilines is 1. The largest absolute Gasteiger partial charge is 0.456 e. The van der Waals surface area contributed by atoms with Crippen molar-refractivity contribution < 1.29 is 18.7 Å². The third-order valence-electron chi connectivity index (χ3n) is 2.76. The van der Waals surface area contributed by atoms with Crippen LogP contribution >= 0.6 is 22.9 Å². The van der Waals surface area contributed by atoms with Crippen LogP contribution in [0.25, 0.3) is 0 Å². The highest BCUT2D eigenvalue weighted by atomic mass is 35.5. The topological polar surface area (TPSA) is 55.4 Å². The van der Waals surface area contributed by atoms with E-state index in [1.54, 1.807) is 11.3 Å². The summed E-state index contributed by atoms with van der Waals surface area (Å²) in [5.41, 5.74) is 0.999. The summed E-state index contributed by atoms with van der Waals surface area (Å²) < 4.78 is 18.3. The van der Waals surface area contributed by atoms with Crippen LogP contribution in [-0.2, 0) is 20.7 Å². The molecule has 2 aromatic rings. The molecule has 0 saturated carbocycles. The number of aryl methyl sites for hydroxylation is 1. The summed E-state index contributed by atoms with van der Waals surface area (Å²) in [6, 6.07) is 5.72. The van der Waals surface area contributed by atoms with E-state index in [4.69, 9.17) is 16.3 Å². The maximum atomic E-state index is 13.4. The number of rotatable bonds is 6. The van der Waals surface area contributed by atoms with Crippen molar-refractivity contribution >= 4 is 40.5 Å². The predicted molar refractivity (Wildman–Crippen MR) is 83.6 cm³/mol. The second-order valence-corrected chi connectivity index (χ2v) is 5.68. The monoisotopic (exact) mass is 341 g/mol. The number of carbonyl (C=O) groups excluding carboxylic acids is 2. The molecule has 0 aliphatic rings. The third kappa shape index (κ3) is 5.13. The Labute approximate surface area is 135 Å². The molecule has 1 aromatic carbocycles. The third-order valence-corrected chi connectivity index (χ3v) is 3.73. The van der Waals surface area contributed by atoms with Gasteiger partial charge in [0.2, 0.25) is 0 Å². The SMILES string of the molecule is O=C(COC(=O)CCc1ccsc1)Nc1cc(Cl)ccc1F. The minimum atomic E-state index is -0.620. The number of hydrogen-bond acceptors (Lipinski definition) is 4. The van der Waals surface area contributed by atoms with Crippen molar-refractivity contribution in [2.75, 3.05) is 11.9 Å². The number of amides is 1. The van der Waals surface area contributed by atoms with Crippen molar-refractivity contribution in [1.82, 2.24) is 0 Å². The molecule has 0 aliphatic carbocycles. The van der Waals surface area contributed by atoms with E-state index in [2.05, 4.69) is 5.32 Å². The number of benzene rings is 1. The Bertz CT molecular complexity index is 661. The van der Waals surface area contributed by atoms with Gasteiger partial charge in [0, 0.05) is 11.4 Å². The van der Waals surface area contributed by atoms with E-state index >= 15 is 0 Å². The Hall–Kier alpha value is -1.92. The molecule has 0 bridgehead atoms. The number of halogens is 2. The summed E-state index contributed by atoms with van der Waals surface area (Å²) in [5.74, 6) is -1.71. The van der Waals surface area contributed by atoms with E-state index in [1.807, 2.05) is 16.8 Å². The zero-order valence-electron chi connectivity index (χ0n) is 11.5. The molecule has 0 fully saturated rings. The molecule has 4 nitrogen and oxygen atoms in total. The predicted octanol–water partition coefficient (Wildman–Crippen LogP) is 3.66. The molecular weight excluding hydrogens is 329 g/mol. The Kier molecular flexibility index (Phi) is 5.91. The van der Waals surface area contributed by atoms with Gasteiger partial charge in [-0.3, -0.25) is 9.59 Å².